The number of ether oxygens (including phenoxy) is 1. The van der Waals surface area contributed by atoms with Gasteiger partial charge in [-0.05, 0) is 64.7 Å². The standard InChI is InChI=1S/C24H23BrN4O3/c25-16-8-14-3-4-15(9-17(14)28-22(16)26)19-11-24(12-32-19)10-18(20(30)21(24)31)29-7-5-13-2-1-6-27-23(13)29/h1-9,18-21,30-31H,10-12H2,(H2,26,28). The average molecular weight is 495 g/mol. The summed E-state index contributed by atoms with van der Waals surface area (Å²) in [5, 5.41) is 24.1. The second-order valence-electron chi connectivity index (χ2n) is 9.02. The van der Waals surface area contributed by atoms with E-state index >= 15 is 0 Å². The van der Waals surface area contributed by atoms with Gasteiger partial charge in [-0.1, -0.05) is 12.1 Å². The number of halogens is 1. The number of aliphatic hydroxyl groups excluding tert-OH is 2. The van der Waals surface area contributed by atoms with Crippen LogP contribution in [0, 0.1) is 5.41 Å². The summed E-state index contributed by atoms with van der Waals surface area (Å²) >= 11 is 3.42. The van der Waals surface area contributed by atoms with E-state index in [1.54, 1.807) is 6.20 Å². The molecule has 0 bridgehead atoms. The first kappa shape index (κ1) is 20.1. The molecule has 5 atom stereocenters. The van der Waals surface area contributed by atoms with Crippen molar-refractivity contribution >= 4 is 43.7 Å². The number of aliphatic hydroxyl groups is 2. The minimum Gasteiger partial charge on any atom is -0.390 e. The molecule has 4 N–H and O–H groups in total. The Morgan fingerprint density at radius 2 is 2.00 bits per heavy atom. The number of hydrogen-bond acceptors (Lipinski definition) is 6. The first-order valence-corrected chi connectivity index (χ1v) is 11.5. The van der Waals surface area contributed by atoms with Crippen LogP contribution in [0.15, 0.2) is 59.3 Å². The van der Waals surface area contributed by atoms with Gasteiger partial charge in [0.1, 0.15) is 17.6 Å². The predicted octanol–water partition coefficient (Wildman–Crippen LogP) is 3.74. The summed E-state index contributed by atoms with van der Waals surface area (Å²) in [5.74, 6) is 0.447. The fourth-order valence-electron chi connectivity index (χ4n) is 5.44. The van der Waals surface area contributed by atoms with Crippen molar-refractivity contribution in [2.75, 3.05) is 12.3 Å². The van der Waals surface area contributed by atoms with Crippen LogP contribution in [0.2, 0.25) is 0 Å². The fraction of sp³-hybridized carbons (Fsp3) is 0.333. The van der Waals surface area contributed by atoms with Crippen molar-refractivity contribution in [3.8, 4) is 0 Å². The third-order valence-corrected chi connectivity index (χ3v) is 7.79. The molecule has 164 valence electrons. The SMILES string of the molecule is Nc1nc2cc(C3CC4(CO3)CC(n3ccc5cccnc53)C(O)C4O)ccc2cc1Br. The lowest BCUT2D eigenvalue weighted by Crippen LogP contribution is -2.37. The molecule has 4 heterocycles. The Hall–Kier alpha value is -2.52. The van der Waals surface area contributed by atoms with Crippen LogP contribution in [0.5, 0.6) is 0 Å². The molecule has 3 aromatic heterocycles. The number of nitrogen functional groups attached to an aromatic ring is 1. The second kappa shape index (κ2) is 7.25. The highest BCUT2D eigenvalue weighted by molar-refractivity contribution is 9.10. The van der Waals surface area contributed by atoms with Gasteiger partial charge in [0.25, 0.3) is 0 Å². The normalized spacial score (nSPS) is 30.1. The van der Waals surface area contributed by atoms with Crippen LogP contribution in [0.25, 0.3) is 21.9 Å². The Morgan fingerprint density at radius 3 is 2.88 bits per heavy atom. The maximum absolute atomic E-state index is 11.1. The van der Waals surface area contributed by atoms with Crippen molar-refractivity contribution in [2.24, 2.45) is 5.41 Å². The third-order valence-electron chi connectivity index (χ3n) is 7.15. The zero-order chi connectivity index (χ0) is 22.0. The summed E-state index contributed by atoms with van der Waals surface area (Å²) in [7, 11) is 0. The average Bonchev–Trinajstić information content (AvgIpc) is 3.48. The van der Waals surface area contributed by atoms with E-state index in [2.05, 4.69) is 25.9 Å². The highest BCUT2D eigenvalue weighted by Gasteiger charge is 2.57. The van der Waals surface area contributed by atoms with Crippen molar-refractivity contribution < 1.29 is 14.9 Å². The first-order valence-electron chi connectivity index (χ1n) is 10.7. The number of anilines is 1. The number of rotatable bonds is 2. The molecule has 7 nitrogen and oxygen atoms in total. The van der Waals surface area contributed by atoms with Crippen LogP contribution in [0.4, 0.5) is 5.82 Å². The summed E-state index contributed by atoms with van der Waals surface area (Å²) in [4.78, 5) is 8.96. The van der Waals surface area contributed by atoms with E-state index in [0.29, 0.717) is 25.3 Å². The van der Waals surface area contributed by atoms with E-state index in [9.17, 15) is 10.2 Å². The molecule has 1 saturated carbocycles. The van der Waals surface area contributed by atoms with Crippen molar-refractivity contribution in [2.45, 2.75) is 37.2 Å². The zero-order valence-electron chi connectivity index (χ0n) is 17.2. The van der Waals surface area contributed by atoms with Crippen LogP contribution >= 0.6 is 15.9 Å². The molecule has 6 rings (SSSR count). The predicted molar refractivity (Wildman–Crippen MR) is 125 cm³/mol. The molecule has 1 saturated heterocycles. The third kappa shape index (κ3) is 2.97. The van der Waals surface area contributed by atoms with Gasteiger partial charge in [-0.2, -0.15) is 0 Å². The van der Waals surface area contributed by atoms with Gasteiger partial charge in [0.2, 0.25) is 0 Å². The topological polar surface area (TPSA) is 106 Å². The molecular weight excluding hydrogens is 472 g/mol. The number of pyridine rings is 2. The van der Waals surface area contributed by atoms with E-state index in [0.717, 1.165) is 32.0 Å². The fourth-order valence-corrected chi connectivity index (χ4v) is 5.77. The summed E-state index contributed by atoms with van der Waals surface area (Å²) < 4.78 is 8.95. The molecule has 1 aliphatic carbocycles. The van der Waals surface area contributed by atoms with Crippen molar-refractivity contribution in [1.82, 2.24) is 14.5 Å². The van der Waals surface area contributed by atoms with E-state index in [1.807, 2.05) is 53.2 Å². The molecule has 0 radical (unpaired) electrons. The van der Waals surface area contributed by atoms with Gasteiger partial charge in [0, 0.05) is 28.6 Å². The molecule has 1 aromatic carbocycles. The van der Waals surface area contributed by atoms with Crippen molar-refractivity contribution in [3.05, 3.63) is 64.9 Å². The van der Waals surface area contributed by atoms with Crippen molar-refractivity contribution in [3.63, 3.8) is 0 Å². The van der Waals surface area contributed by atoms with Gasteiger partial charge in [-0.15, -0.1) is 0 Å². The Kier molecular flexibility index (Phi) is 4.55. The summed E-state index contributed by atoms with van der Waals surface area (Å²) in [5.41, 5.74) is 8.08. The lowest BCUT2D eigenvalue weighted by atomic mass is 9.80. The van der Waals surface area contributed by atoms with Gasteiger partial charge in [0.05, 0.1) is 34.8 Å². The van der Waals surface area contributed by atoms with Gasteiger partial charge in [0.15, 0.2) is 0 Å². The van der Waals surface area contributed by atoms with Crippen LogP contribution < -0.4 is 5.73 Å². The molecule has 8 heteroatoms. The van der Waals surface area contributed by atoms with Gasteiger partial charge >= 0.3 is 0 Å². The van der Waals surface area contributed by atoms with Crippen LogP contribution in [-0.2, 0) is 4.74 Å². The molecule has 1 aliphatic heterocycles. The molecule has 5 unspecified atom stereocenters. The summed E-state index contributed by atoms with van der Waals surface area (Å²) in [6, 6.07) is 13.6. The zero-order valence-corrected chi connectivity index (χ0v) is 18.8. The molecular formula is C24H23BrN4O3. The number of hydrogen-bond donors (Lipinski definition) is 3. The van der Waals surface area contributed by atoms with Gasteiger partial charge in [-0.25, -0.2) is 9.97 Å². The maximum Gasteiger partial charge on any atom is 0.140 e. The Morgan fingerprint density at radius 1 is 1.12 bits per heavy atom. The Balaban J connectivity index is 1.30. The minimum atomic E-state index is -0.884. The van der Waals surface area contributed by atoms with Crippen LogP contribution in [0.1, 0.15) is 30.6 Å². The molecule has 32 heavy (non-hydrogen) atoms. The highest BCUT2D eigenvalue weighted by Crippen LogP contribution is 2.54. The number of nitrogens with two attached hydrogens (primary N) is 1. The Bertz CT molecular complexity index is 1340. The quantitative estimate of drug-likeness (QED) is 0.391. The lowest BCUT2D eigenvalue weighted by Gasteiger charge is -2.26. The molecule has 4 aromatic rings. The molecule has 1 spiro atoms. The second-order valence-corrected chi connectivity index (χ2v) is 9.87. The maximum atomic E-state index is 11.1. The number of nitrogens with zero attached hydrogens (tertiary/aromatic N) is 3. The molecule has 2 fully saturated rings. The summed E-state index contributed by atoms with van der Waals surface area (Å²) in [6.07, 6.45) is 3.02. The Labute approximate surface area is 193 Å². The van der Waals surface area contributed by atoms with E-state index < -0.39 is 17.6 Å². The smallest absolute Gasteiger partial charge is 0.140 e. The first-order chi connectivity index (χ1) is 15.4. The van der Waals surface area contributed by atoms with E-state index in [1.165, 1.54) is 0 Å². The monoisotopic (exact) mass is 494 g/mol. The largest absolute Gasteiger partial charge is 0.390 e. The van der Waals surface area contributed by atoms with E-state index in [4.69, 9.17) is 10.5 Å². The van der Waals surface area contributed by atoms with E-state index in [-0.39, 0.29) is 12.1 Å². The summed E-state index contributed by atoms with van der Waals surface area (Å²) in [6.45, 7) is 0.396. The molecule has 0 amide bonds. The minimum absolute atomic E-state index is 0.175. The van der Waals surface area contributed by atoms with Gasteiger partial charge < -0.3 is 25.3 Å². The van der Waals surface area contributed by atoms with Crippen LogP contribution in [0.3, 0.4) is 0 Å². The number of aromatic nitrogens is 3. The lowest BCUT2D eigenvalue weighted by molar-refractivity contribution is -0.0309. The number of benzene rings is 1. The van der Waals surface area contributed by atoms with Crippen LogP contribution in [-0.4, -0.2) is 43.6 Å². The van der Waals surface area contributed by atoms with Gasteiger partial charge in [-0.3, -0.25) is 0 Å². The molecule has 2 aliphatic rings. The highest BCUT2D eigenvalue weighted by atomic mass is 79.9. The van der Waals surface area contributed by atoms with Crippen molar-refractivity contribution in [1.29, 1.82) is 0 Å². The number of fused-ring (bicyclic) bond motifs is 2.